The number of pyridine rings is 1. The van der Waals surface area contributed by atoms with Crippen molar-refractivity contribution in [2.24, 2.45) is 0 Å². The normalized spacial score (nSPS) is 10.4. The largest absolute Gasteiger partial charge is 0.495 e. The summed E-state index contributed by atoms with van der Waals surface area (Å²) in [6, 6.07) is 6.38. The quantitative estimate of drug-likeness (QED) is 0.764. The van der Waals surface area contributed by atoms with Crippen molar-refractivity contribution in [3.63, 3.8) is 0 Å². The van der Waals surface area contributed by atoms with Crippen molar-refractivity contribution >= 4 is 23.2 Å². The molecule has 88 valence electrons. The molecule has 0 aliphatic rings. The van der Waals surface area contributed by atoms with E-state index in [1.165, 1.54) is 19.4 Å². The Labute approximate surface area is 108 Å². The van der Waals surface area contributed by atoms with Gasteiger partial charge in [0.2, 0.25) is 5.95 Å². The number of hydrogen-bond donors (Lipinski definition) is 0. The molecule has 0 N–H and O–H groups in total. The average Bonchev–Trinajstić information content (AvgIpc) is 2.30. The minimum atomic E-state index is -0.602. The minimum absolute atomic E-state index is 0.283. The Balaban J connectivity index is 2.59. The molecule has 0 amide bonds. The molecule has 0 spiro atoms. The van der Waals surface area contributed by atoms with E-state index in [0.717, 1.165) is 0 Å². The molecule has 1 aromatic carbocycles. The first-order chi connectivity index (χ1) is 8.11. The highest BCUT2D eigenvalue weighted by Gasteiger charge is 2.11. The van der Waals surface area contributed by atoms with Gasteiger partial charge in [-0.2, -0.15) is 4.39 Å². The molecule has 5 heteroatoms. The van der Waals surface area contributed by atoms with E-state index < -0.39 is 5.95 Å². The van der Waals surface area contributed by atoms with E-state index in [2.05, 4.69) is 4.98 Å². The van der Waals surface area contributed by atoms with Gasteiger partial charge in [-0.25, -0.2) is 4.98 Å². The number of aromatic nitrogens is 1. The third-order valence-corrected chi connectivity index (χ3v) is 2.82. The van der Waals surface area contributed by atoms with Gasteiger partial charge in [-0.05, 0) is 18.2 Å². The fourth-order valence-electron chi connectivity index (χ4n) is 1.44. The van der Waals surface area contributed by atoms with Crippen LogP contribution in [0.3, 0.4) is 0 Å². The van der Waals surface area contributed by atoms with E-state index in [1.807, 2.05) is 0 Å². The van der Waals surface area contributed by atoms with Crippen molar-refractivity contribution in [3.05, 3.63) is 46.5 Å². The number of hydrogen-bond acceptors (Lipinski definition) is 2. The molecule has 0 aliphatic heterocycles. The number of halogens is 3. The first kappa shape index (κ1) is 12.1. The van der Waals surface area contributed by atoms with Crippen LogP contribution >= 0.6 is 23.2 Å². The predicted octanol–water partition coefficient (Wildman–Crippen LogP) is 4.20. The summed E-state index contributed by atoms with van der Waals surface area (Å²) in [5.74, 6) is -0.137. The number of nitrogens with zero attached hydrogens (tertiary/aromatic N) is 1. The van der Waals surface area contributed by atoms with Crippen LogP contribution in [-0.4, -0.2) is 12.1 Å². The first-order valence-electron chi connectivity index (χ1n) is 4.77. The van der Waals surface area contributed by atoms with Crippen molar-refractivity contribution in [2.45, 2.75) is 0 Å². The van der Waals surface area contributed by atoms with Gasteiger partial charge < -0.3 is 4.74 Å². The van der Waals surface area contributed by atoms with Gasteiger partial charge in [0.25, 0.3) is 0 Å². The number of ether oxygens (including phenoxy) is 1. The molecule has 0 radical (unpaired) electrons. The van der Waals surface area contributed by atoms with Crippen molar-refractivity contribution in [2.75, 3.05) is 7.11 Å². The van der Waals surface area contributed by atoms with Crippen LogP contribution in [0.15, 0.2) is 30.5 Å². The summed E-state index contributed by atoms with van der Waals surface area (Å²) < 4.78 is 18.6. The smallest absolute Gasteiger partial charge is 0.221 e. The molecule has 2 nitrogen and oxygen atoms in total. The van der Waals surface area contributed by atoms with E-state index >= 15 is 0 Å². The van der Waals surface area contributed by atoms with E-state index in [0.29, 0.717) is 21.4 Å². The maximum atomic E-state index is 13.6. The summed E-state index contributed by atoms with van der Waals surface area (Å²) in [6.07, 6.45) is 1.31. The van der Waals surface area contributed by atoms with Crippen LogP contribution in [0.25, 0.3) is 11.1 Å². The van der Waals surface area contributed by atoms with E-state index in [1.54, 1.807) is 18.2 Å². The summed E-state index contributed by atoms with van der Waals surface area (Å²) in [5, 5.41) is 0.862. The van der Waals surface area contributed by atoms with E-state index in [-0.39, 0.29) is 5.56 Å². The molecule has 17 heavy (non-hydrogen) atoms. The molecule has 0 aliphatic carbocycles. The summed E-state index contributed by atoms with van der Waals surface area (Å²) in [7, 11) is 1.49. The summed E-state index contributed by atoms with van der Waals surface area (Å²) in [4.78, 5) is 3.61. The third kappa shape index (κ3) is 2.51. The Morgan fingerprint density at radius 3 is 2.59 bits per heavy atom. The Kier molecular flexibility index (Phi) is 3.50. The standard InChI is InChI=1S/C12H8Cl2FNO/c1-17-8-5-10(12(15)16-6-8)9-3-2-7(13)4-11(9)14/h2-6H,1H3. The second-order valence-electron chi connectivity index (χ2n) is 3.34. The fourth-order valence-corrected chi connectivity index (χ4v) is 1.95. The molecule has 0 atom stereocenters. The Hall–Kier alpha value is -1.32. The second kappa shape index (κ2) is 4.90. The number of benzene rings is 1. The molecular formula is C12H8Cl2FNO. The van der Waals surface area contributed by atoms with Gasteiger partial charge in [0.1, 0.15) is 5.75 Å². The van der Waals surface area contributed by atoms with Crippen molar-refractivity contribution in [1.82, 2.24) is 4.98 Å². The fraction of sp³-hybridized carbons (Fsp3) is 0.0833. The summed E-state index contributed by atoms with van der Waals surface area (Å²) >= 11 is 11.8. The molecule has 1 heterocycles. The summed E-state index contributed by atoms with van der Waals surface area (Å²) in [5.41, 5.74) is 0.811. The van der Waals surface area contributed by atoms with E-state index in [9.17, 15) is 4.39 Å². The highest BCUT2D eigenvalue weighted by atomic mass is 35.5. The Bertz CT molecular complexity index is 560. The van der Waals surface area contributed by atoms with Crippen molar-refractivity contribution in [3.8, 4) is 16.9 Å². The van der Waals surface area contributed by atoms with Crippen molar-refractivity contribution in [1.29, 1.82) is 0 Å². The van der Waals surface area contributed by atoms with Crippen LogP contribution < -0.4 is 4.74 Å². The van der Waals surface area contributed by atoms with E-state index in [4.69, 9.17) is 27.9 Å². The Morgan fingerprint density at radius 2 is 1.94 bits per heavy atom. The number of rotatable bonds is 2. The lowest BCUT2D eigenvalue weighted by Crippen LogP contribution is -1.92. The highest BCUT2D eigenvalue weighted by molar-refractivity contribution is 6.36. The molecule has 1 aromatic heterocycles. The minimum Gasteiger partial charge on any atom is -0.495 e. The topological polar surface area (TPSA) is 22.1 Å². The van der Waals surface area contributed by atoms with Crippen LogP contribution in [-0.2, 0) is 0 Å². The first-order valence-corrected chi connectivity index (χ1v) is 5.52. The molecule has 0 saturated heterocycles. The second-order valence-corrected chi connectivity index (χ2v) is 4.18. The van der Waals surface area contributed by atoms with Crippen LogP contribution in [0.1, 0.15) is 0 Å². The molecule has 0 bridgehead atoms. The average molecular weight is 272 g/mol. The van der Waals surface area contributed by atoms with Gasteiger partial charge in [0.15, 0.2) is 0 Å². The van der Waals surface area contributed by atoms with Gasteiger partial charge >= 0.3 is 0 Å². The summed E-state index contributed by atoms with van der Waals surface area (Å²) in [6.45, 7) is 0. The van der Waals surface area contributed by atoms with Gasteiger partial charge in [-0.3, -0.25) is 0 Å². The molecule has 2 aromatic rings. The predicted molar refractivity (Wildman–Crippen MR) is 66.2 cm³/mol. The Morgan fingerprint density at radius 1 is 1.18 bits per heavy atom. The zero-order valence-corrected chi connectivity index (χ0v) is 10.4. The molecule has 0 unspecified atom stereocenters. The maximum absolute atomic E-state index is 13.6. The molecule has 0 saturated carbocycles. The molecule has 0 fully saturated rings. The van der Waals surface area contributed by atoms with Crippen molar-refractivity contribution < 1.29 is 9.13 Å². The van der Waals surface area contributed by atoms with Crippen LogP contribution in [0.5, 0.6) is 5.75 Å². The zero-order chi connectivity index (χ0) is 12.4. The third-order valence-electron chi connectivity index (χ3n) is 2.27. The highest BCUT2D eigenvalue weighted by Crippen LogP contribution is 2.32. The van der Waals surface area contributed by atoms with Gasteiger partial charge in [0, 0.05) is 16.1 Å². The van der Waals surface area contributed by atoms with Gasteiger partial charge in [-0.1, -0.05) is 29.3 Å². The van der Waals surface area contributed by atoms with Crippen LogP contribution in [0, 0.1) is 5.95 Å². The SMILES string of the molecule is COc1cnc(F)c(-c2ccc(Cl)cc2Cl)c1. The molecular weight excluding hydrogens is 264 g/mol. The monoisotopic (exact) mass is 271 g/mol. The number of methoxy groups -OCH3 is 1. The van der Waals surface area contributed by atoms with Gasteiger partial charge in [-0.15, -0.1) is 0 Å². The van der Waals surface area contributed by atoms with Crippen LogP contribution in [0.4, 0.5) is 4.39 Å². The van der Waals surface area contributed by atoms with Gasteiger partial charge in [0.05, 0.1) is 18.3 Å². The lowest BCUT2D eigenvalue weighted by molar-refractivity contribution is 0.410. The maximum Gasteiger partial charge on any atom is 0.221 e. The zero-order valence-electron chi connectivity index (χ0n) is 8.88. The lowest BCUT2D eigenvalue weighted by Gasteiger charge is -2.07. The molecule has 2 rings (SSSR count). The van der Waals surface area contributed by atoms with Crippen LogP contribution in [0.2, 0.25) is 10.0 Å². The lowest BCUT2D eigenvalue weighted by atomic mass is 10.1.